The molecule has 0 saturated carbocycles. The summed E-state index contributed by atoms with van der Waals surface area (Å²) in [4.78, 5) is 38.1. The van der Waals surface area contributed by atoms with Crippen molar-refractivity contribution in [3.63, 3.8) is 0 Å². The molecule has 10 heteroatoms. The van der Waals surface area contributed by atoms with Crippen LogP contribution >= 0.6 is 28.1 Å². The average Bonchev–Trinajstić information content (AvgIpc) is 2.68. The second-order valence-corrected chi connectivity index (χ2v) is 7.33. The molecule has 1 aromatic carbocycles. The van der Waals surface area contributed by atoms with Crippen molar-refractivity contribution in [1.29, 1.82) is 0 Å². The normalized spacial score (nSPS) is 16.2. The summed E-state index contributed by atoms with van der Waals surface area (Å²) in [7, 11) is 1.25. The molecule has 1 fully saturated rings. The second kappa shape index (κ2) is 10.4. The van der Waals surface area contributed by atoms with Crippen LogP contribution in [0, 0.1) is 0 Å². The quantitative estimate of drug-likeness (QED) is 0.480. The van der Waals surface area contributed by atoms with Crippen molar-refractivity contribution >= 4 is 51.0 Å². The second-order valence-electron chi connectivity index (χ2n) is 6.03. The van der Waals surface area contributed by atoms with Crippen molar-refractivity contribution in [3.05, 3.63) is 28.2 Å². The minimum atomic E-state index is -0.840. The fourth-order valence-electron chi connectivity index (χ4n) is 2.66. The molecule has 1 saturated heterocycles. The number of esters is 1. The predicted octanol–water partition coefficient (Wildman–Crippen LogP) is 1.62. The molecule has 0 spiro atoms. The Kier molecular flexibility index (Phi) is 8.18. The van der Waals surface area contributed by atoms with E-state index in [1.165, 1.54) is 12.0 Å². The molecule has 2 amide bonds. The van der Waals surface area contributed by atoms with Gasteiger partial charge in [0.1, 0.15) is 11.8 Å². The first-order valence-electron chi connectivity index (χ1n) is 8.76. The van der Waals surface area contributed by atoms with E-state index in [1.54, 1.807) is 18.2 Å². The van der Waals surface area contributed by atoms with Gasteiger partial charge >= 0.3 is 5.97 Å². The van der Waals surface area contributed by atoms with Crippen molar-refractivity contribution < 1.29 is 23.9 Å². The number of ether oxygens (including phenoxy) is 2. The summed E-state index contributed by atoms with van der Waals surface area (Å²) in [5.41, 5.74) is 0.316. The molecule has 28 heavy (non-hydrogen) atoms. The van der Waals surface area contributed by atoms with E-state index in [0.717, 1.165) is 6.42 Å². The molecule has 8 nitrogen and oxygen atoms in total. The predicted molar refractivity (Wildman–Crippen MR) is 110 cm³/mol. The van der Waals surface area contributed by atoms with Gasteiger partial charge in [-0.05, 0) is 36.8 Å². The molecule has 0 bridgehead atoms. The van der Waals surface area contributed by atoms with Gasteiger partial charge in [-0.25, -0.2) is 0 Å². The molecule has 0 aliphatic carbocycles. The molecule has 1 heterocycles. The number of carbonyl (C=O) groups is 3. The lowest BCUT2D eigenvalue weighted by atomic mass is 10.1. The van der Waals surface area contributed by atoms with Gasteiger partial charge in [0.05, 0.1) is 25.7 Å². The number of carbonyl (C=O) groups excluding carboxylic acids is 3. The third kappa shape index (κ3) is 5.65. The van der Waals surface area contributed by atoms with Crippen LogP contribution in [0.5, 0.6) is 5.75 Å². The Morgan fingerprint density at radius 1 is 1.43 bits per heavy atom. The number of hydrogen-bond acceptors (Lipinski definition) is 6. The first-order chi connectivity index (χ1) is 13.4. The minimum Gasteiger partial charge on any atom is -0.493 e. The standard InChI is InChI=1S/C18H22BrN3O5S/c1-3-8-27-14-5-4-11(19)9-12(14)16(24)21-18(28)22-7-6-20-17(25)13(22)10-15(23)26-2/h4-5,9,13H,3,6-8,10H2,1-2H3,(H,20,25)(H,21,24,28). The third-order valence-electron chi connectivity index (χ3n) is 4.05. The number of nitrogens with one attached hydrogen (secondary N) is 2. The first-order valence-corrected chi connectivity index (χ1v) is 9.96. The van der Waals surface area contributed by atoms with Crippen LogP contribution in [0.3, 0.4) is 0 Å². The largest absolute Gasteiger partial charge is 0.493 e. The number of benzene rings is 1. The zero-order valence-corrected chi connectivity index (χ0v) is 18.0. The summed E-state index contributed by atoms with van der Waals surface area (Å²) in [5, 5.41) is 5.39. The molecular weight excluding hydrogens is 450 g/mol. The van der Waals surface area contributed by atoms with Gasteiger partial charge in [-0.3, -0.25) is 19.7 Å². The van der Waals surface area contributed by atoms with Crippen molar-refractivity contribution in [2.75, 3.05) is 26.8 Å². The van der Waals surface area contributed by atoms with Gasteiger partial charge in [-0.15, -0.1) is 0 Å². The summed E-state index contributed by atoms with van der Waals surface area (Å²) >= 11 is 8.69. The molecule has 2 rings (SSSR count). The highest BCUT2D eigenvalue weighted by atomic mass is 79.9. The highest BCUT2D eigenvalue weighted by Crippen LogP contribution is 2.23. The Morgan fingerprint density at radius 3 is 2.86 bits per heavy atom. The van der Waals surface area contributed by atoms with Crippen LogP contribution in [-0.2, 0) is 14.3 Å². The molecule has 1 unspecified atom stereocenters. The van der Waals surface area contributed by atoms with E-state index in [0.29, 0.717) is 35.5 Å². The smallest absolute Gasteiger partial charge is 0.308 e. The summed E-state index contributed by atoms with van der Waals surface area (Å²) in [6, 6.07) is 4.28. The number of amides is 2. The van der Waals surface area contributed by atoms with Crippen LogP contribution in [0.25, 0.3) is 0 Å². The van der Waals surface area contributed by atoms with E-state index < -0.39 is 17.9 Å². The van der Waals surface area contributed by atoms with E-state index in [9.17, 15) is 14.4 Å². The molecule has 1 aliphatic heterocycles. The van der Waals surface area contributed by atoms with E-state index in [2.05, 4.69) is 31.3 Å². The Labute approximate surface area is 177 Å². The SMILES string of the molecule is CCCOc1ccc(Br)cc1C(=O)NC(=S)N1CCNC(=O)C1CC(=O)OC. The molecule has 1 atom stereocenters. The van der Waals surface area contributed by atoms with Gasteiger partial charge in [0.25, 0.3) is 5.91 Å². The van der Waals surface area contributed by atoms with E-state index in [4.69, 9.17) is 17.0 Å². The van der Waals surface area contributed by atoms with Crippen molar-refractivity contribution in [1.82, 2.24) is 15.5 Å². The lowest BCUT2D eigenvalue weighted by Crippen LogP contribution is -2.60. The maximum Gasteiger partial charge on any atom is 0.308 e. The number of piperazine rings is 1. The topological polar surface area (TPSA) is 97.0 Å². The average molecular weight is 472 g/mol. The summed E-state index contributed by atoms with van der Waals surface area (Å²) in [6.45, 7) is 3.16. The Bertz CT molecular complexity index is 774. The molecule has 1 aliphatic rings. The first kappa shape index (κ1) is 22.1. The minimum absolute atomic E-state index is 0.0650. The van der Waals surface area contributed by atoms with E-state index >= 15 is 0 Å². The van der Waals surface area contributed by atoms with Crippen LogP contribution in [0.1, 0.15) is 30.1 Å². The van der Waals surface area contributed by atoms with Gasteiger partial charge in [0, 0.05) is 17.6 Å². The number of halogens is 1. The van der Waals surface area contributed by atoms with Gasteiger partial charge in [-0.2, -0.15) is 0 Å². The highest BCUT2D eigenvalue weighted by Gasteiger charge is 2.34. The fourth-order valence-corrected chi connectivity index (χ4v) is 3.33. The number of rotatable bonds is 6. The lowest BCUT2D eigenvalue weighted by molar-refractivity contribution is -0.144. The molecule has 1 aromatic rings. The molecule has 0 radical (unpaired) electrons. The Hall–Kier alpha value is -2.20. The van der Waals surface area contributed by atoms with E-state index in [-0.39, 0.29) is 17.4 Å². The van der Waals surface area contributed by atoms with Crippen molar-refractivity contribution in [3.8, 4) is 5.75 Å². The van der Waals surface area contributed by atoms with Crippen LogP contribution in [0.15, 0.2) is 22.7 Å². The highest BCUT2D eigenvalue weighted by molar-refractivity contribution is 9.10. The summed E-state index contributed by atoms with van der Waals surface area (Å²) < 4.78 is 11.0. The number of nitrogens with zero attached hydrogens (tertiary/aromatic N) is 1. The van der Waals surface area contributed by atoms with Crippen molar-refractivity contribution in [2.45, 2.75) is 25.8 Å². The monoisotopic (exact) mass is 471 g/mol. The summed E-state index contributed by atoms with van der Waals surface area (Å²) in [6.07, 6.45) is 0.633. The van der Waals surface area contributed by atoms with Crippen LogP contribution in [-0.4, -0.2) is 60.6 Å². The summed E-state index contributed by atoms with van der Waals surface area (Å²) in [5.74, 6) is -0.904. The molecular formula is C18H22BrN3O5S. The lowest BCUT2D eigenvalue weighted by Gasteiger charge is -2.36. The third-order valence-corrected chi connectivity index (χ3v) is 4.88. The fraction of sp³-hybridized carbons (Fsp3) is 0.444. The molecule has 2 N–H and O–H groups in total. The maximum absolute atomic E-state index is 12.8. The Morgan fingerprint density at radius 2 is 2.18 bits per heavy atom. The zero-order chi connectivity index (χ0) is 20.7. The van der Waals surface area contributed by atoms with Crippen molar-refractivity contribution in [2.24, 2.45) is 0 Å². The van der Waals surface area contributed by atoms with E-state index in [1.807, 2.05) is 6.92 Å². The van der Waals surface area contributed by atoms with Gasteiger partial charge in [0.15, 0.2) is 5.11 Å². The van der Waals surface area contributed by atoms with Gasteiger partial charge in [-0.1, -0.05) is 22.9 Å². The van der Waals surface area contributed by atoms with Gasteiger partial charge in [0.2, 0.25) is 5.91 Å². The molecule has 0 aromatic heterocycles. The van der Waals surface area contributed by atoms with Gasteiger partial charge < -0.3 is 19.7 Å². The van der Waals surface area contributed by atoms with Crippen LogP contribution in [0.4, 0.5) is 0 Å². The number of thiocarbonyl (C=S) groups is 1. The Balaban J connectivity index is 2.16. The number of methoxy groups -OCH3 is 1. The maximum atomic E-state index is 12.8. The van der Waals surface area contributed by atoms with Crippen LogP contribution < -0.4 is 15.4 Å². The number of hydrogen-bond donors (Lipinski definition) is 2. The van der Waals surface area contributed by atoms with Crippen LogP contribution in [0.2, 0.25) is 0 Å². The zero-order valence-electron chi connectivity index (χ0n) is 15.6. The molecule has 152 valence electrons.